The van der Waals surface area contributed by atoms with Crippen LogP contribution in [0.1, 0.15) is 26.6 Å². The molecule has 6 nitrogen and oxygen atoms in total. The number of amides is 1. The van der Waals surface area contributed by atoms with Crippen molar-refractivity contribution in [1.82, 2.24) is 5.16 Å². The second kappa shape index (κ2) is 4.89. The van der Waals surface area contributed by atoms with E-state index in [-0.39, 0.29) is 5.69 Å². The fraction of sp³-hybridized carbons (Fsp3) is 0.0833. The molecular formula is C12H9FN2O4. The Morgan fingerprint density at radius 2 is 2.11 bits per heavy atom. The minimum absolute atomic E-state index is 0.166. The number of carbonyl (C=O) groups is 2. The minimum Gasteiger partial charge on any atom is -0.475 e. The van der Waals surface area contributed by atoms with Gasteiger partial charge in [-0.05, 0) is 30.7 Å². The smallest absolute Gasteiger partial charge is 0.374 e. The molecule has 0 unspecified atom stereocenters. The minimum atomic E-state index is -1.32. The lowest BCUT2D eigenvalue weighted by Gasteiger charge is -2.06. The SMILES string of the molecule is Cc1cc(F)ccc1NC(=O)c1cc(C(=O)O)on1. The summed E-state index contributed by atoms with van der Waals surface area (Å²) in [5, 5.41) is 14.5. The number of carboxylic acid groups (broad SMARTS) is 1. The van der Waals surface area contributed by atoms with Crippen molar-refractivity contribution in [1.29, 1.82) is 0 Å². The van der Waals surface area contributed by atoms with Crippen LogP contribution < -0.4 is 5.32 Å². The lowest BCUT2D eigenvalue weighted by Crippen LogP contribution is -2.13. The largest absolute Gasteiger partial charge is 0.475 e. The standard InChI is InChI=1S/C12H9FN2O4/c1-6-4-7(13)2-3-8(6)14-11(16)9-5-10(12(17)18)19-15-9/h2-5H,1H3,(H,14,16)(H,17,18). The third-order valence-corrected chi connectivity index (χ3v) is 2.39. The third kappa shape index (κ3) is 2.76. The normalized spacial score (nSPS) is 10.2. The van der Waals surface area contributed by atoms with E-state index in [4.69, 9.17) is 5.11 Å². The highest BCUT2D eigenvalue weighted by molar-refractivity contribution is 6.04. The summed E-state index contributed by atoms with van der Waals surface area (Å²) in [6.45, 7) is 1.63. The van der Waals surface area contributed by atoms with Gasteiger partial charge in [-0.25, -0.2) is 9.18 Å². The Balaban J connectivity index is 2.18. The zero-order valence-corrected chi connectivity index (χ0v) is 9.81. The molecule has 2 aromatic rings. The molecule has 0 aliphatic heterocycles. The van der Waals surface area contributed by atoms with Crippen LogP contribution in [0.4, 0.5) is 10.1 Å². The number of hydrogen-bond acceptors (Lipinski definition) is 4. The summed E-state index contributed by atoms with van der Waals surface area (Å²) < 4.78 is 17.4. The number of aromatic carboxylic acids is 1. The molecule has 7 heteroatoms. The fourth-order valence-corrected chi connectivity index (χ4v) is 1.44. The van der Waals surface area contributed by atoms with E-state index in [1.807, 2.05) is 0 Å². The third-order valence-electron chi connectivity index (χ3n) is 2.39. The highest BCUT2D eigenvalue weighted by Gasteiger charge is 2.17. The number of carboxylic acids is 1. The number of benzene rings is 1. The molecule has 0 saturated carbocycles. The molecule has 98 valence electrons. The van der Waals surface area contributed by atoms with Gasteiger partial charge in [-0.2, -0.15) is 0 Å². The first kappa shape index (κ1) is 12.7. The second-order valence-corrected chi connectivity index (χ2v) is 3.79. The molecular weight excluding hydrogens is 255 g/mol. The lowest BCUT2D eigenvalue weighted by molar-refractivity contribution is 0.0651. The van der Waals surface area contributed by atoms with Crippen LogP contribution in [-0.4, -0.2) is 22.1 Å². The first-order valence-corrected chi connectivity index (χ1v) is 5.25. The van der Waals surface area contributed by atoms with Crippen molar-refractivity contribution < 1.29 is 23.6 Å². The summed E-state index contributed by atoms with van der Waals surface area (Å²) in [6.07, 6.45) is 0. The number of nitrogens with zero attached hydrogens (tertiary/aromatic N) is 1. The monoisotopic (exact) mass is 264 g/mol. The Kier molecular flexibility index (Phi) is 3.28. The van der Waals surface area contributed by atoms with E-state index in [0.29, 0.717) is 11.3 Å². The Morgan fingerprint density at radius 3 is 2.68 bits per heavy atom. The summed E-state index contributed by atoms with van der Waals surface area (Å²) in [6, 6.07) is 4.88. The van der Waals surface area contributed by atoms with Gasteiger partial charge >= 0.3 is 5.97 Å². The molecule has 2 rings (SSSR count). The van der Waals surface area contributed by atoms with E-state index in [2.05, 4.69) is 15.0 Å². The highest BCUT2D eigenvalue weighted by Crippen LogP contribution is 2.16. The molecule has 0 aliphatic rings. The summed E-state index contributed by atoms with van der Waals surface area (Å²) in [7, 11) is 0. The van der Waals surface area contributed by atoms with Crippen LogP contribution in [0.25, 0.3) is 0 Å². The van der Waals surface area contributed by atoms with Gasteiger partial charge in [0.15, 0.2) is 5.69 Å². The van der Waals surface area contributed by atoms with Gasteiger partial charge in [0.1, 0.15) is 5.82 Å². The van der Waals surface area contributed by atoms with E-state index in [1.54, 1.807) is 6.92 Å². The number of aryl methyl sites for hydroxylation is 1. The van der Waals surface area contributed by atoms with Gasteiger partial charge < -0.3 is 14.9 Å². The van der Waals surface area contributed by atoms with Gasteiger partial charge in [-0.1, -0.05) is 5.16 Å². The molecule has 1 aromatic heterocycles. The molecule has 1 heterocycles. The van der Waals surface area contributed by atoms with Gasteiger partial charge in [-0.3, -0.25) is 4.79 Å². The Labute approximate surface area is 106 Å². The van der Waals surface area contributed by atoms with Crippen molar-refractivity contribution in [2.45, 2.75) is 6.92 Å². The first-order valence-electron chi connectivity index (χ1n) is 5.25. The van der Waals surface area contributed by atoms with Crippen LogP contribution in [0.2, 0.25) is 0 Å². The van der Waals surface area contributed by atoms with Crippen LogP contribution in [-0.2, 0) is 0 Å². The topological polar surface area (TPSA) is 92.4 Å². The number of halogens is 1. The van der Waals surface area contributed by atoms with Crippen LogP contribution in [0, 0.1) is 12.7 Å². The molecule has 1 aromatic carbocycles. The summed E-state index contributed by atoms with van der Waals surface area (Å²) >= 11 is 0. The summed E-state index contributed by atoms with van der Waals surface area (Å²) in [4.78, 5) is 22.3. The quantitative estimate of drug-likeness (QED) is 0.885. The van der Waals surface area contributed by atoms with Gasteiger partial charge in [0.2, 0.25) is 5.76 Å². The zero-order chi connectivity index (χ0) is 14.0. The van der Waals surface area contributed by atoms with E-state index >= 15 is 0 Å². The van der Waals surface area contributed by atoms with Crippen LogP contribution in [0.3, 0.4) is 0 Å². The van der Waals surface area contributed by atoms with Gasteiger partial charge in [0.25, 0.3) is 5.91 Å². The van der Waals surface area contributed by atoms with Crippen molar-refractivity contribution in [2.24, 2.45) is 0 Å². The van der Waals surface area contributed by atoms with Crippen molar-refractivity contribution >= 4 is 17.6 Å². The zero-order valence-electron chi connectivity index (χ0n) is 9.81. The Hall–Kier alpha value is -2.70. The number of nitrogens with one attached hydrogen (secondary N) is 1. The summed E-state index contributed by atoms with van der Waals surface area (Å²) in [5.74, 6) is -2.79. The molecule has 0 saturated heterocycles. The maximum atomic E-state index is 12.9. The predicted octanol–water partition coefficient (Wildman–Crippen LogP) is 2.07. The van der Waals surface area contributed by atoms with Crippen LogP contribution in [0.5, 0.6) is 0 Å². The van der Waals surface area contributed by atoms with E-state index < -0.39 is 23.5 Å². The number of rotatable bonds is 3. The average Bonchev–Trinajstić information content (AvgIpc) is 2.82. The second-order valence-electron chi connectivity index (χ2n) is 3.79. The van der Waals surface area contributed by atoms with Crippen LogP contribution in [0.15, 0.2) is 28.8 Å². The number of anilines is 1. The van der Waals surface area contributed by atoms with Crippen molar-refractivity contribution in [2.75, 3.05) is 5.32 Å². The van der Waals surface area contributed by atoms with Crippen molar-refractivity contribution in [3.63, 3.8) is 0 Å². The lowest BCUT2D eigenvalue weighted by atomic mass is 10.2. The Morgan fingerprint density at radius 1 is 1.37 bits per heavy atom. The summed E-state index contributed by atoms with van der Waals surface area (Å²) in [5.41, 5.74) is 0.780. The van der Waals surface area contributed by atoms with Crippen molar-refractivity contribution in [3.05, 3.63) is 47.1 Å². The number of carbonyl (C=O) groups excluding carboxylic acids is 1. The predicted molar refractivity (Wildman–Crippen MR) is 62.6 cm³/mol. The first-order chi connectivity index (χ1) is 8.97. The maximum absolute atomic E-state index is 12.9. The van der Waals surface area contributed by atoms with E-state index in [9.17, 15) is 14.0 Å². The van der Waals surface area contributed by atoms with Gasteiger partial charge in [0.05, 0.1) is 0 Å². The van der Waals surface area contributed by atoms with E-state index in [0.717, 1.165) is 6.07 Å². The fourth-order valence-electron chi connectivity index (χ4n) is 1.44. The molecule has 19 heavy (non-hydrogen) atoms. The molecule has 0 atom stereocenters. The van der Waals surface area contributed by atoms with Gasteiger partial charge in [-0.15, -0.1) is 0 Å². The average molecular weight is 264 g/mol. The van der Waals surface area contributed by atoms with Gasteiger partial charge in [0, 0.05) is 11.8 Å². The molecule has 0 aliphatic carbocycles. The molecule has 0 spiro atoms. The molecule has 0 radical (unpaired) electrons. The molecule has 2 N–H and O–H groups in total. The van der Waals surface area contributed by atoms with Crippen LogP contribution >= 0.6 is 0 Å². The molecule has 1 amide bonds. The maximum Gasteiger partial charge on any atom is 0.374 e. The molecule has 0 bridgehead atoms. The van der Waals surface area contributed by atoms with E-state index in [1.165, 1.54) is 18.2 Å². The van der Waals surface area contributed by atoms with Crippen molar-refractivity contribution in [3.8, 4) is 0 Å². The number of hydrogen-bond donors (Lipinski definition) is 2. The number of aromatic nitrogens is 1. The molecule has 0 fully saturated rings. The highest BCUT2D eigenvalue weighted by atomic mass is 19.1. The Bertz CT molecular complexity index is 651.